The molecular weight excluding hydrogens is 179 g/mol. The van der Waals surface area contributed by atoms with Gasteiger partial charge in [-0.3, -0.25) is 0 Å². The van der Waals surface area contributed by atoms with Gasteiger partial charge in [0.15, 0.2) is 0 Å². The fraction of sp³-hybridized carbons (Fsp3) is 0.273. The van der Waals surface area contributed by atoms with Crippen LogP contribution in [0.4, 0.5) is 4.39 Å². The molecular formula is C11H13FN2. The van der Waals surface area contributed by atoms with Crippen molar-refractivity contribution in [2.45, 2.75) is 12.8 Å². The SMILES string of the molecule is NCCCc1cc2[nH]ccc2cc1F. The van der Waals surface area contributed by atoms with Crippen molar-refractivity contribution in [1.82, 2.24) is 4.98 Å². The standard InChI is InChI=1S/C11H13FN2/c12-10-6-9-3-5-14-11(9)7-8(10)2-1-4-13/h3,5-7,14H,1-2,4,13H2. The number of aromatic amines is 1. The van der Waals surface area contributed by atoms with Crippen molar-refractivity contribution in [3.63, 3.8) is 0 Å². The van der Waals surface area contributed by atoms with Crippen LogP contribution in [0.2, 0.25) is 0 Å². The molecule has 1 aromatic carbocycles. The van der Waals surface area contributed by atoms with Crippen LogP contribution < -0.4 is 5.73 Å². The molecule has 0 fully saturated rings. The summed E-state index contributed by atoms with van der Waals surface area (Å²) in [5, 5.41) is 0.916. The van der Waals surface area contributed by atoms with Crippen molar-refractivity contribution in [2.24, 2.45) is 5.73 Å². The van der Waals surface area contributed by atoms with Crippen molar-refractivity contribution in [2.75, 3.05) is 6.54 Å². The molecule has 0 atom stereocenters. The molecule has 0 saturated carbocycles. The number of halogens is 1. The molecule has 0 bridgehead atoms. The number of aromatic nitrogens is 1. The summed E-state index contributed by atoms with van der Waals surface area (Å²) in [5.74, 6) is -0.134. The van der Waals surface area contributed by atoms with E-state index in [9.17, 15) is 4.39 Å². The van der Waals surface area contributed by atoms with E-state index in [0.29, 0.717) is 13.0 Å². The average Bonchev–Trinajstić information content (AvgIpc) is 2.61. The highest BCUT2D eigenvalue weighted by molar-refractivity contribution is 5.80. The van der Waals surface area contributed by atoms with Gasteiger partial charge in [0.1, 0.15) is 5.82 Å². The summed E-state index contributed by atoms with van der Waals surface area (Å²) < 4.78 is 13.5. The lowest BCUT2D eigenvalue weighted by Gasteiger charge is -2.02. The second kappa shape index (κ2) is 3.80. The van der Waals surface area contributed by atoms with Gasteiger partial charge in [-0.1, -0.05) is 0 Å². The van der Waals surface area contributed by atoms with Gasteiger partial charge in [0.05, 0.1) is 0 Å². The van der Waals surface area contributed by atoms with Gasteiger partial charge in [-0.2, -0.15) is 0 Å². The molecule has 0 amide bonds. The molecule has 0 aliphatic carbocycles. The number of benzene rings is 1. The molecule has 3 heteroatoms. The predicted octanol–water partition coefficient (Wildman–Crippen LogP) is 2.20. The first-order chi connectivity index (χ1) is 6.81. The van der Waals surface area contributed by atoms with Crippen molar-refractivity contribution in [3.05, 3.63) is 35.8 Å². The molecule has 3 N–H and O–H groups in total. The first kappa shape index (κ1) is 9.21. The zero-order valence-electron chi connectivity index (χ0n) is 7.89. The van der Waals surface area contributed by atoms with E-state index in [4.69, 9.17) is 5.73 Å². The number of rotatable bonds is 3. The molecule has 2 aromatic rings. The van der Waals surface area contributed by atoms with Gasteiger partial charge in [0.2, 0.25) is 0 Å². The molecule has 0 aliphatic rings. The molecule has 2 rings (SSSR count). The molecule has 0 saturated heterocycles. The van der Waals surface area contributed by atoms with E-state index in [-0.39, 0.29) is 5.82 Å². The summed E-state index contributed by atoms with van der Waals surface area (Å²) in [5.41, 5.74) is 7.11. The number of aryl methyl sites for hydroxylation is 1. The molecule has 0 unspecified atom stereocenters. The second-order valence-electron chi connectivity index (χ2n) is 3.40. The van der Waals surface area contributed by atoms with Gasteiger partial charge in [0.25, 0.3) is 0 Å². The van der Waals surface area contributed by atoms with Crippen LogP contribution in [0.25, 0.3) is 10.9 Å². The maximum absolute atomic E-state index is 13.5. The van der Waals surface area contributed by atoms with E-state index in [2.05, 4.69) is 4.98 Å². The van der Waals surface area contributed by atoms with E-state index < -0.39 is 0 Å². The minimum atomic E-state index is -0.134. The van der Waals surface area contributed by atoms with Crippen molar-refractivity contribution in [1.29, 1.82) is 0 Å². The largest absolute Gasteiger partial charge is 0.361 e. The van der Waals surface area contributed by atoms with Crippen molar-refractivity contribution < 1.29 is 4.39 Å². The molecule has 1 heterocycles. The van der Waals surface area contributed by atoms with Gasteiger partial charge in [0, 0.05) is 17.1 Å². The maximum atomic E-state index is 13.5. The van der Waals surface area contributed by atoms with E-state index in [1.165, 1.54) is 0 Å². The number of hydrogen-bond acceptors (Lipinski definition) is 1. The maximum Gasteiger partial charge on any atom is 0.127 e. The fourth-order valence-electron chi connectivity index (χ4n) is 1.60. The zero-order chi connectivity index (χ0) is 9.97. The van der Waals surface area contributed by atoms with Gasteiger partial charge in [-0.05, 0) is 43.1 Å². The Kier molecular flexibility index (Phi) is 2.50. The minimum Gasteiger partial charge on any atom is -0.361 e. The Bertz CT molecular complexity index is 434. The van der Waals surface area contributed by atoms with Crippen LogP contribution in [0.5, 0.6) is 0 Å². The third-order valence-corrected chi connectivity index (χ3v) is 2.37. The zero-order valence-corrected chi connectivity index (χ0v) is 7.89. The topological polar surface area (TPSA) is 41.8 Å². The molecule has 0 aliphatic heterocycles. The highest BCUT2D eigenvalue weighted by Crippen LogP contribution is 2.18. The van der Waals surface area contributed by atoms with Gasteiger partial charge >= 0.3 is 0 Å². The smallest absolute Gasteiger partial charge is 0.127 e. The Hall–Kier alpha value is -1.35. The molecule has 1 aromatic heterocycles. The molecule has 2 nitrogen and oxygen atoms in total. The summed E-state index contributed by atoms with van der Waals surface area (Å²) in [4.78, 5) is 3.07. The van der Waals surface area contributed by atoms with E-state index in [0.717, 1.165) is 22.9 Å². The summed E-state index contributed by atoms with van der Waals surface area (Å²) in [6.45, 7) is 0.599. The van der Waals surface area contributed by atoms with E-state index in [1.807, 2.05) is 18.3 Å². The fourth-order valence-corrected chi connectivity index (χ4v) is 1.60. The van der Waals surface area contributed by atoms with Crippen LogP contribution >= 0.6 is 0 Å². The lowest BCUT2D eigenvalue weighted by atomic mass is 10.1. The average molecular weight is 192 g/mol. The summed E-state index contributed by atoms with van der Waals surface area (Å²) in [6, 6.07) is 5.29. The van der Waals surface area contributed by atoms with Crippen LogP contribution in [-0.4, -0.2) is 11.5 Å². The summed E-state index contributed by atoms with van der Waals surface area (Å²) in [6.07, 6.45) is 3.34. The lowest BCUT2D eigenvalue weighted by molar-refractivity contribution is 0.607. The van der Waals surface area contributed by atoms with Crippen molar-refractivity contribution in [3.8, 4) is 0 Å². The Morgan fingerprint density at radius 2 is 2.21 bits per heavy atom. The highest BCUT2D eigenvalue weighted by Gasteiger charge is 2.04. The third kappa shape index (κ3) is 1.63. The number of nitrogens with one attached hydrogen (secondary N) is 1. The first-order valence-corrected chi connectivity index (χ1v) is 4.77. The van der Waals surface area contributed by atoms with E-state index >= 15 is 0 Å². The lowest BCUT2D eigenvalue weighted by Crippen LogP contribution is -2.01. The molecule has 14 heavy (non-hydrogen) atoms. The Morgan fingerprint density at radius 1 is 1.36 bits per heavy atom. The Morgan fingerprint density at radius 3 is 3.00 bits per heavy atom. The van der Waals surface area contributed by atoms with E-state index in [1.54, 1.807) is 6.07 Å². The normalized spacial score (nSPS) is 11.0. The summed E-state index contributed by atoms with van der Waals surface area (Å²) in [7, 11) is 0. The minimum absolute atomic E-state index is 0.134. The number of fused-ring (bicyclic) bond motifs is 1. The van der Waals surface area contributed by atoms with Gasteiger partial charge in [-0.15, -0.1) is 0 Å². The first-order valence-electron chi connectivity index (χ1n) is 4.77. The monoisotopic (exact) mass is 192 g/mol. The Labute approximate surface area is 81.9 Å². The quantitative estimate of drug-likeness (QED) is 0.769. The predicted molar refractivity (Wildman–Crippen MR) is 55.6 cm³/mol. The van der Waals surface area contributed by atoms with Crippen LogP contribution in [0.1, 0.15) is 12.0 Å². The van der Waals surface area contributed by atoms with Crippen molar-refractivity contribution >= 4 is 10.9 Å². The highest BCUT2D eigenvalue weighted by atomic mass is 19.1. The number of H-pyrrole nitrogens is 1. The van der Waals surface area contributed by atoms with Crippen LogP contribution in [0, 0.1) is 5.82 Å². The van der Waals surface area contributed by atoms with Crippen LogP contribution in [0.3, 0.4) is 0 Å². The second-order valence-corrected chi connectivity index (χ2v) is 3.40. The number of nitrogens with two attached hydrogens (primary N) is 1. The summed E-state index contributed by atoms with van der Waals surface area (Å²) >= 11 is 0. The molecule has 0 radical (unpaired) electrons. The Balaban J connectivity index is 2.38. The van der Waals surface area contributed by atoms with Crippen LogP contribution in [-0.2, 0) is 6.42 Å². The number of hydrogen-bond donors (Lipinski definition) is 2. The molecule has 0 spiro atoms. The van der Waals surface area contributed by atoms with Gasteiger partial charge < -0.3 is 10.7 Å². The van der Waals surface area contributed by atoms with Crippen LogP contribution in [0.15, 0.2) is 24.4 Å². The third-order valence-electron chi connectivity index (χ3n) is 2.37. The van der Waals surface area contributed by atoms with Gasteiger partial charge in [-0.25, -0.2) is 4.39 Å². The molecule has 74 valence electrons.